The molecule has 0 spiro atoms. The van der Waals surface area contributed by atoms with Crippen molar-refractivity contribution >= 4 is 33.7 Å². The fourth-order valence-corrected chi connectivity index (χ4v) is 3.62. The van der Waals surface area contributed by atoms with E-state index in [2.05, 4.69) is 15.3 Å². The van der Waals surface area contributed by atoms with Gasteiger partial charge in [0.2, 0.25) is 4.91 Å². The molecule has 0 aromatic heterocycles. The van der Waals surface area contributed by atoms with Crippen LogP contribution in [0.1, 0.15) is 48.0 Å². The summed E-state index contributed by atoms with van der Waals surface area (Å²) in [5.74, 6) is -0.534. The molecule has 0 aliphatic rings. The molecule has 0 saturated carbocycles. The molecule has 2 atom stereocenters. The SMILES string of the molecule is CSSC(CN=[N+]=N)C[C@H](NC(=O)OC(C)(C)C)C(=O)OC(C)(C)C. The second-order valence-corrected chi connectivity index (χ2v) is 10.0. The van der Waals surface area contributed by atoms with Crippen molar-refractivity contribution in [3.8, 4) is 0 Å². The highest BCUT2D eigenvalue weighted by molar-refractivity contribution is 8.76. The minimum Gasteiger partial charge on any atom is -0.458 e. The number of alkyl carbamates (subject to hydrolysis) is 1. The third-order valence-electron chi connectivity index (χ3n) is 2.47. The Morgan fingerprint density at radius 3 is 2.16 bits per heavy atom. The van der Waals surface area contributed by atoms with E-state index in [0.717, 1.165) is 0 Å². The van der Waals surface area contributed by atoms with Crippen molar-refractivity contribution in [1.82, 2.24) is 10.2 Å². The molecule has 0 radical (unpaired) electrons. The molecule has 1 amide bonds. The van der Waals surface area contributed by atoms with E-state index in [4.69, 9.17) is 15.0 Å². The third kappa shape index (κ3) is 12.7. The van der Waals surface area contributed by atoms with Gasteiger partial charge in [-0.1, -0.05) is 21.6 Å². The Balaban J connectivity index is 5.18. The Bertz CT molecular complexity index is 497. The van der Waals surface area contributed by atoms with Gasteiger partial charge in [-0.3, -0.25) is 0 Å². The summed E-state index contributed by atoms with van der Waals surface area (Å²) in [4.78, 5) is 27.5. The minimum absolute atomic E-state index is 0.114. The van der Waals surface area contributed by atoms with Crippen molar-refractivity contribution in [3.05, 3.63) is 0 Å². The van der Waals surface area contributed by atoms with E-state index in [1.165, 1.54) is 21.6 Å². The Hall–Kier alpha value is -1.25. The quantitative estimate of drug-likeness (QED) is 0.282. The first-order chi connectivity index (χ1) is 11.4. The van der Waals surface area contributed by atoms with Crippen molar-refractivity contribution in [1.29, 1.82) is 5.53 Å². The van der Waals surface area contributed by atoms with Gasteiger partial charge in [-0.2, -0.15) is 0 Å². The lowest BCUT2D eigenvalue weighted by molar-refractivity contribution is -0.157. The lowest BCUT2D eigenvalue weighted by Crippen LogP contribution is -2.47. The molecule has 144 valence electrons. The number of nitrogens with one attached hydrogen (secondary N) is 2. The van der Waals surface area contributed by atoms with Gasteiger partial charge in [0.05, 0.1) is 0 Å². The maximum atomic E-state index is 12.5. The van der Waals surface area contributed by atoms with Gasteiger partial charge in [-0.25, -0.2) is 9.59 Å². The lowest BCUT2D eigenvalue weighted by atomic mass is 10.1. The van der Waals surface area contributed by atoms with E-state index in [9.17, 15) is 9.59 Å². The first kappa shape index (κ1) is 23.8. The average Bonchev–Trinajstić information content (AvgIpc) is 2.40. The maximum Gasteiger partial charge on any atom is 0.408 e. The van der Waals surface area contributed by atoms with Crippen LogP contribution in [0.25, 0.3) is 0 Å². The Morgan fingerprint density at radius 1 is 1.16 bits per heavy atom. The van der Waals surface area contributed by atoms with Crippen LogP contribution in [0.2, 0.25) is 0 Å². The van der Waals surface area contributed by atoms with Crippen LogP contribution in [0.3, 0.4) is 0 Å². The fraction of sp³-hybridized carbons (Fsp3) is 0.867. The molecule has 0 aromatic rings. The summed E-state index contributed by atoms with van der Waals surface area (Å²) < 4.78 is 10.6. The van der Waals surface area contributed by atoms with Crippen molar-refractivity contribution in [2.45, 2.75) is 70.5 Å². The van der Waals surface area contributed by atoms with Crippen molar-refractivity contribution in [2.24, 2.45) is 5.11 Å². The molecule has 0 saturated heterocycles. The van der Waals surface area contributed by atoms with Gasteiger partial charge in [0.25, 0.3) is 0 Å². The third-order valence-corrected chi connectivity index (χ3v) is 4.67. The molecule has 1 unspecified atom stereocenters. The molecule has 0 bridgehead atoms. The van der Waals surface area contributed by atoms with Crippen molar-refractivity contribution in [3.63, 3.8) is 0 Å². The number of rotatable bonds is 8. The molecule has 0 rings (SSSR count). The van der Waals surface area contributed by atoms with Crippen LogP contribution in [0.15, 0.2) is 5.11 Å². The summed E-state index contributed by atoms with van der Waals surface area (Å²) in [5, 5.41) is 6.15. The van der Waals surface area contributed by atoms with E-state index in [0.29, 0.717) is 6.42 Å². The molecule has 8 nitrogen and oxygen atoms in total. The van der Waals surface area contributed by atoms with Gasteiger partial charge >= 0.3 is 12.1 Å². The Labute approximate surface area is 157 Å². The molecule has 0 fully saturated rings. The maximum absolute atomic E-state index is 12.5. The second-order valence-electron chi connectivity index (χ2n) is 7.28. The van der Waals surface area contributed by atoms with Crippen LogP contribution in [0.4, 0.5) is 4.79 Å². The zero-order chi connectivity index (χ0) is 19.7. The van der Waals surface area contributed by atoms with Crippen molar-refractivity contribution < 1.29 is 19.1 Å². The highest BCUT2D eigenvalue weighted by Crippen LogP contribution is 2.28. The number of carbonyl (C=O) groups excluding carboxylic acids is 2. The van der Waals surface area contributed by atoms with E-state index in [1.807, 2.05) is 6.26 Å². The fourth-order valence-electron chi connectivity index (χ4n) is 1.71. The van der Waals surface area contributed by atoms with Crippen LogP contribution in [-0.4, -0.2) is 47.4 Å². The topological polar surface area (TPSA) is 115 Å². The van der Waals surface area contributed by atoms with Gasteiger partial charge in [0, 0.05) is 5.25 Å². The average molecular weight is 394 g/mol. The van der Waals surface area contributed by atoms with Crippen molar-refractivity contribution in [2.75, 3.05) is 12.8 Å². The first-order valence-corrected chi connectivity index (χ1v) is 10.4. The summed E-state index contributed by atoms with van der Waals surface area (Å²) in [6.07, 6.45) is 1.51. The summed E-state index contributed by atoms with van der Waals surface area (Å²) >= 11 is 0. The molecule has 0 aliphatic carbocycles. The zero-order valence-corrected chi connectivity index (χ0v) is 17.5. The molecular formula is C15H29N4O4S2+. The standard InChI is InChI=1S/C15H28N4O4S2/c1-14(2,3)22-12(20)11(18-13(21)23-15(4,5)6)8-10(25-24-7)9-17-19-16/h10-11,16H,8-9H2,1-7H3/p+1/t10?,11-/m0/s1. The summed E-state index contributed by atoms with van der Waals surface area (Å²) in [6, 6.07) is -0.875. The van der Waals surface area contributed by atoms with Gasteiger partial charge in [-0.15, -0.1) is 0 Å². The summed E-state index contributed by atoms with van der Waals surface area (Å²) in [6.45, 7) is 10.8. The molecule has 10 heteroatoms. The number of hydrogen-bond acceptors (Lipinski definition) is 8. The number of nitrogens with zero attached hydrogens (tertiary/aromatic N) is 2. The van der Waals surface area contributed by atoms with Crippen LogP contribution >= 0.6 is 21.6 Å². The van der Waals surface area contributed by atoms with Gasteiger partial charge in [-0.05, 0) is 54.2 Å². The normalized spacial score (nSPS) is 14.0. The molecular weight excluding hydrogens is 364 g/mol. The number of hydrogen-bond donors (Lipinski definition) is 2. The number of ether oxygens (including phenoxy) is 2. The van der Waals surface area contributed by atoms with E-state index < -0.39 is 29.3 Å². The Kier molecular flexibility index (Phi) is 10.1. The van der Waals surface area contributed by atoms with Crippen LogP contribution in [0.5, 0.6) is 0 Å². The predicted octanol–water partition coefficient (Wildman–Crippen LogP) is 3.54. The van der Waals surface area contributed by atoms with Gasteiger partial charge < -0.3 is 14.8 Å². The second kappa shape index (κ2) is 10.7. The van der Waals surface area contributed by atoms with E-state index >= 15 is 0 Å². The van der Waals surface area contributed by atoms with Crippen LogP contribution < -0.4 is 10.2 Å². The first-order valence-electron chi connectivity index (χ1n) is 7.83. The van der Waals surface area contributed by atoms with Crippen LogP contribution in [0, 0.1) is 5.53 Å². The number of amides is 1. The lowest BCUT2D eigenvalue weighted by Gasteiger charge is -2.27. The molecule has 0 aliphatic heterocycles. The minimum atomic E-state index is -0.875. The van der Waals surface area contributed by atoms with E-state index in [1.54, 1.807) is 41.5 Å². The molecule has 2 N–H and O–H groups in total. The van der Waals surface area contributed by atoms with E-state index in [-0.39, 0.29) is 11.8 Å². The van der Waals surface area contributed by atoms with Crippen LogP contribution in [-0.2, 0) is 14.3 Å². The monoisotopic (exact) mass is 393 g/mol. The zero-order valence-electron chi connectivity index (χ0n) is 15.9. The number of esters is 1. The highest BCUT2D eigenvalue weighted by atomic mass is 33.1. The predicted molar refractivity (Wildman–Crippen MR) is 101 cm³/mol. The largest absolute Gasteiger partial charge is 0.458 e. The van der Waals surface area contributed by atoms with Gasteiger partial charge in [0.15, 0.2) is 0 Å². The summed E-state index contributed by atoms with van der Waals surface area (Å²) in [5.41, 5.74) is 5.44. The molecule has 0 aromatic carbocycles. The molecule has 25 heavy (non-hydrogen) atoms. The number of carbonyl (C=O) groups is 2. The highest BCUT2D eigenvalue weighted by Gasteiger charge is 2.31. The van der Waals surface area contributed by atoms with Gasteiger partial charge in [0.1, 0.15) is 34.4 Å². The smallest absolute Gasteiger partial charge is 0.408 e. The summed E-state index contributed by atoms with van der Waals surface area (Å²) in [7, 11) is 3.01. The molecule has 0 heterocycles. The Morgan fingerprint density at radius 2 is 1.72 bits per heavy atom.